The minimum atomic E-state index is -4.96. The summed E-state index contributed by atoms with van der Waals surface area (Å²) < 4.78 is 31.6. The van der Waals surface area contributed by atoms with E-state index in [1.165, 1.54) is 30.5 Å². The van der Waals surface area contributed by atoms with Gasteiger partial charge in [-0.25, -0.2) is 9.18 Å². The molecule has 3 aromatic rings. The first kappa shape index (κ1) is 28.9. The fourth-order valence-electron chi connectivity index (χ4n) is 4.12. The molecule has 13 nitrogen and oxygen atoms in total. The Morgan fingerprint density at radius 2 is 1.95 bits per heavy atom. The van der Waals surface area contributed by atoms with Crippen LogP contribution in [0.1, 0.15) is 43.6 Å². The van der Waals surface area contributed by atoms with Gasteiger partial charge in [-0.05, 0) is 47.9 Å². The number of fused-ring (bicyclic) bond motifs is 1. The topological polar surface area (TPSA) is 221 Å². The highest BCUT2D eigenvalue weighted by atomic mass is 31.2. The van der Waals surface area contributed by atoms with E-state index in [9.17, 15) is 43.3 Å². The van der Waals surface area contributed by atoms with Crippen LogP contribution in [0.5, 0.6) is 5.75 Å². The minimum Gasteiger partial charge on any atom is -0.534 e. The van der Waals surface area contributed by atoms with Gasteiger partial charge in [-0.3, -0.25) is 19.1 Å². The number of nitrogens with zero attached hydrogens (tertiary/aromatic N) is 1. The van der Waals surface area contributed by atoms with Crippen LogP contribution < -0.4 is 26.3 Å². The number of nitrogens with two attached hydrogens (primary N) is 1. The smallest absolute Gasteiger partial charge is 0.534 e. The number of rotatable bonds is 8. The summed E-state index contributed by atoms with van der Waals surface area (Å²) in [7, 11) is -6.64. The van der Waals surface area contributed by atoms with Crippen LogP contribution in [0.15, 0.2) is 54.7 Å². The third kappa shape index (κ3) is 6.19. The maximum Gasteiger partial charge on any atom is 0.547 e. The van der Waals surface area contributed by atoms with Gasteiger partial charge < -0.3 is 40.9 Å². The Hall–Kier alpha value is -4.14. The average Bonchev–Trinajstić information content (AvgIpc) is 2.90. The molecule has 2 amide bonds. The van der Waals surface area contributed by atoms with Crippen LogP contribution >= 0.6 is 7.60 Å². The fraction of sp³-hybridized carbons (Fsp3) is 0.167. The number of para-hydroxylation sites is 1. The number of aromatic nitrogens is 1. The van der Waals surface area contributed by atoms with E-state index in [1.54, 1.807) is 6.07 Å². The zero-order valence-corrected chi connectivity index (χ0v) is 21.4. The van der Waals surface area contributed by atoms with E-state index in [0.29, 0.717) is 17.3 Å². The van der Waals surface area contributed by atoms with Crippen molar-refractivity contribution in [3.05, 3.63) is 88.5 Å². The van der Waals surface area contributed by atoms with Crippen molar-refractivity contribution in [1.82, 2.24) is 15.6 Å². The van der Waals surface area contributed by atoms with Crippen molar-refractivity contribution in [3.63, 3.8) is 0 Å². The van der Waals surface area contributed by atoms with Gasteiger partial charge in [-0.15, -0.1) is 0 Å². The molecule has 40 heavy (non-hydrogen) atoms. The van der Waals surface area contributed by atoms with Crippen LogP contribution in [-0.2, 0) is 22.3 Å². The number of carbonyl (C=O) groups excluding carboxylic acids is 2. The van der Waals surface area contributed by atoms with E-state index in [4.69, 9.17) is 10.4 Å². The summed E-state index contributed by atoms with van der Waals surface area (Å²) in [5.41, 5.74) is 6.10. The van der Waals surface area contributed by atoms with Gasteiger partial charge in [0.05, 0.1) is 28.1 Å². The minimum absolute atomic E-state index is 0.0403. The molecule has 4 rings (SSSR count). The van der Waals surface area contributed by atoms with Crippen LogP contribution in [0.25, 0.3) is 0 Å². The van der Waals surface area contributed by atoms with Crippen LogP contribution in [0.4, 0.5) is 4.39 Å². The Bertz CT molecular complexity index is 1520. The molecular weight excluding hydrogens is 549 g/mol. The Morgan fingerprint density at radius 3 is 2.55 bits per heavy atom. The largest absolute Gasteiger partial charge is 0.547 e. The molecule has 2 aromatic carbocycles. The molecule has 8 N–H and O–H groups in total. The summed E-state index contributed by atoms with van der Waals surface area (Å²) in [6.45, 7) is 0.126. The molecule has 0 fully saturated rings. The molecule has 0 spiro atoms. The van der Waals surface area contributed by atoms with Gasteiger partial charge in [0.1, 0.15) is 17.6 Å². The van der Waals surface area contributed by atoms with Gasteiger partial charge in [-0.1, -0.05) is 18.2 Å². The van der Waals surface area contributed by atoms with Gasteiger partial charge in [-0.2, -0.15) is 0 Å². The monoisotopic (exact) mass is 572 g/mol. The van der Waals surface area contributed by atoms with Gasteiger partial charge in [0.2, 0.25) is 5.91 Å². The molecule has 2 heterocycles. The predicted octanol–water partition coefficient (Wildman–Crippen LogP) is -0.209. The number of amides is 2. The quantitative estimate of drug-likeness (QED) is 0.138. The van der Waals surface area contributed by atoms with Crippen LogP contribution in [0.3, 0.4) is 0 Å². The molecular formula is C24H23BFN4O9P. The highest BCUT2D eigenvalue weighted by Gasteiger charge is 2.39. The maximum atomic E-state index is 14.6. The number of pyridine rings is 1. The number of hydrogen-bond donors (Lipinski definition) is 7. The summed E-state index contributed by atoms with van der Waals surface area (Å²) >= 11 is 0. The Morgan fingerprint density at radius 1 is 1.20 bits per heavy atom. The normalized spacial score (nSPS) is 15.4. The highest BCUT2D eigenvalue weighted by Crippen LogP contribution is 2.35. The molecule has 1 aliphatic rings. The van der Waals surface area contributed by atoms with Gasteiger partial charge in [0, 0.05) is 12.7 Å². The summed E-state index contributed by atoms with van der Waals surface area (Å²) in [4.78, 5) is 60.6. The molecule has 2 atom stereocenters. The second kappa shape index (κ2) is 11.5. The number of nitrogens with one attached hydrogen (secondary N) is 2. The number of benzene rings is 2. The van der Waals surface area contributed by atoms with Crippen LogP contribution in [-0.4, -0.2) is 55.7 Å². The summed E-state index contributed by atoms with van der Waals surface area (Å²) in [6.07, 6.45) is 1.18. The van der Waals surface area contributed by atoms with Crippen molar-refractivity contribution < 1.29 is 47.9 Å². The molecule has 0 aliphatic carbocycles. The Balaban J connectivity index is 1.63. The van der Waals surface area contributed by atoms with Crippen molar-refractivity contribution in [2.75, 3.05) is 0 Å². The lowest BCUT2D eigenvalue weighted by Crippen LogP contribution is -2.55. The van der Waals surface area contributed by atoms with Crippen molar-refractivity contribution in [1.29, 1.82) is 0 Å². The Kier molecular flexibility index (Phi) is 8.33. The first-order chi connectivity index (χ1) is 18.9. The van der Waals surface area contributed by atoms with E-state index >= 15 is 0 Å². The fourth-order valence-corrected chi connectivity index (χ4v) is 4.73. The zero-order valence-electron chi connectivity index (χ0n) is 20.5. The lowest BCUT2D eigenvalue weighted by Gasteiger charge is -2.30. The molecule has 16 heteroatoms. The average molecular weight is 572 g/mol. The molecule has 0 unspecified atom stereocenters. The summed E-state index contributed by atoms with van der Waals surface area (Å²) in [6, 6.07) is 8.21. The second-order valence-corrected chi connectivity index (χ2v) is 10.4. The van der Waals surface area contributed by atoms with Crippen molar-refractivity contribution >= 4 is 37.8 Å². The summed E-state index contributed by atoms with van der Waals surface area (Å²) in [5, 5.41) is 23.9. The molecule has 0 bridgehead atoms. The predicted molar refractivity (Wildman–Crippen MR) is 138 cm³/mol. The SMILES string of the molecule is NCc1ccc(C(=O)N[C@@H](C(=O)N[C@H]2Cc3cccc(C(=O)O)c3OB2O)c2ccc(P(=O)(O)O)c(F)c2)cn1. The standard InChI is InChI=1S/C24H23BFN4O9P/c26-17-8-12(5-7-18(17)40(36,37)38)20(30-22(31)14-4-6-15(10-27)28-11-14)23(32)29-19-9-13-2-1-3-16(24(33)34)21(13)39-25(19)35/h1-8,11,19-20,35H,9-10,27H2,(H,29,32)(H,30,31)(H,33,34)(H2,36,37,38)/t19-,20+/m0/s1. The summed E-state index contributed by atoms with van der Waals surface area (Å²) in [5.74, 6) is -5.44. The number of halogens is 1. The van der Waals surface area contributed by atoms with E-state index < -0.39 is 55.6 Å². The molecule has 1 aromatic heterocycles. The lowest BCUT2D eigenvalue weighted by atomic mass is 9.72. The first-order valence-corrected chi connectivity index (χ1v) is 13.3. The molecule has 0 saturated heterocycles. The lowest BCUT2D eigenvalue weighted by molar-refractivity contribution is -0.123. The number of hydrogen-bond acceptors (Lipinski definition) is 8. The first-order valence-electron chi connectivity index (χ1n) is 11.7. The van der Waals surface area contributed by atoms with Crippen LogP contribution in [0, 0.1) is 5.82 Å². The van der Waals surface area contributed by atoms with Crippen molar-refractivity contribution in [2.45, 2.75) is 24.9 Å². The molecule has 1 aliphatic heterocycles. The van der Waals surface area contributed by atoms with Gasteiger partial charge in [0.15, 0.2) is 0 Å². The zero-order chi connectivity index (χ0) is 29.2. The van der Waals surface area contributed by atoms with Crippen molar-refractivity contribution in [3.8, 4) is 5.75 Å². The Labute approximate surface area is 226 Å². The highest BCUT2D eigenvalue weighted by molar-refractivity contribution is 7.60. The van der Waals surface area contributed by atoms with E-state index in [-0.39, 0.29) is 35.4 Å². The third-order valence-corrected chi connectivity index (χ3v) is 7.12. The number of aromatic carboxylic acids is 1. The molecule has 208 valence electrons. The van der Waals surface area contributed by atoms with E-state index in [1.807, 2.05) is 0 Å². The molecule has 0 radical (unpaired) electrons. The third-order valence-electron chi connectivity index (χ3n) is 6.13. The number of carboxylic acid groups (broad SMARTS) is 1. The van der Waals surface area contributed by atoms with Crippen molar-refractivity contribution in [2.24, 2.45) is 5.73 Å². The second-order valence-electron chi connectivity index (χ2n) is 8.83. The number of carbonyl (C=O) groups is 3. The molecule has 0 saturated carbocycles. The van der Waals surface area contributed by atoms with Gasteiger partial charge in [0.25, 0.3) is 5.91 Å². The maximum absolute atomic E-state index is 14.6. The van der Waals surface area contributed by atoms with Gasteiger partial charge >= 0.3 is 20.7 Å². The van der Waals surface area contributed by atoms with Crippen LogP contribution in [0.2, 0.25) is 0 Å². The van der Waals surface area contributed by atoms with E-state index in [0.717, 1.165) is 12.1 Å². The number of carboxylic acids is 1. The van der Waals surface area contributed by atoms with E-state index in [2.05, 4.69) is 15.6 Å².